The summed E-state index contributed by atoms with van der Waals surface area (Å²) in [6.45, 7) is 7.43. The molecule has 0 amide bonds. The Hall–Kier alpha value is -1.32. The van der Waals surface area contributed by atoms with Gasteiger partial charge in [0.2, 0.25) is 0 Å². The number of benzene rings is 1. The van der Waals surface area contributed by atoms with Gasteiger partial charge in [-0.2, -0.15) is 0 Å². The third-order valence-corrected chi connectivity index (χ3v) is 2.38. The van der Waals surface area contributed by atoms with Crippen LogP contribution in [0.1, 0.15) is 20.8 Å². The lowest BCUT2D eigenvalue weighted by Gasteiger charge is -2.26. The Morgan fingerprint density at radius 1 is 1.31 bits per heavy atom. The van der Waals surface area contributed by atoms with Crippen LogP contribution in [-0.2, 0) is 0 Å². The maximum atomic E-state index is 13.3. The molecule has 0 aliphatic heterocycles. The largest absolute Gasteiger partial charge is 0.395 e. The Labute approximate surface area is 95.1 Å². The maximum absolute atomic E-state index is 13.3. The van der Waals surface area contributed by atoms with Gasteiger partial charge in [0, 0.05) is 19.2 Å². The van der Waals surface area contributed by atoms with Crippen molar-refractivity contribution in [3.63, 3.8) is 0 Å². The highest BCUT2D eigenvalue weighted by molar-refractivity contribution is 5.68. The molecule has 0 saturated carbocycles. The van der Waals surface area contributed by atoms with Crippen LogP contribution in [-0.4, -0.2) is 13.1 Å². The minimum absolute atomic E-state index is 0.0175. The van der Waals surface area contributed by atoms with Crippen molar-refractivity contribution in [3.05, 3.63) is 23.8 Å². The second kappa shape index (κ2) is 5.14. The summed E-state index contributed by atoms with van der Waals surface area (Å²) < 4.78 is 26.4. The van der Waals surface area contributed by atoms with Gasteiger partial charge in [-0.1, -0.05) is 13.8 Å². The molecule has 1 aromatic rings. The van der Waals surface area contributed by atoms with Crippen molar-refractivity contribution in [2.45, 2.75) is 20.8 Å². The van der Waals surface area contributed by atoms with E-state index in [9.17, 15) is 8.78 Å². The predicted octanol–water partition coefficient (Wildman–Crippen LogP) is 3.03. The van der Waals surface area contributed by atoms with E-state index in [0.29, 0.717) is 18.2 Å². The lowest BCUT2D eigenvalue weighted by molar-refractivity contribution is 0.579. The summed E-state index contributed by atoms with van der Waals surface area (Å²) in [5, 5.41) is 0. The van der Waals surface area contributed by atoms with E-state index in [1.807, 2.05) is 11.8 Å². The van der Waals surface area contributed by atoms with Crippen LogP contribution in [0.5, 0.6) is 0 Å². The van der Waals surface area contributed by atoms with E-state index in [2.05, 4.69) is 13.8 Å². The van der Waals surface area contributed by atoms with E-state index in [-0.39, 0.29) is 5.69 Å². The summed E-state index contributed by atoms with van der Waals surface area (Å²) in [5.74, 6) is -0.883. The van der Waals surface area contributed by atoms with E-state index < -0.39 is 11.6 Å². The molecular weight excluding hydrogens is 210 g/mol. The molecule has 90 valence electrons. The Morgan fingerprint density at radius 2 is 1.94 bits per heavy atom. The zero-order chi connectivity index (χ0) is 12.3. The second-order valence-electron chi connectivity index (χ2n) is 4.25. The van der Waals surface area contributed by atoms with Gasteiger partial charge < -0.3 is 10.6 Å². The van der Waals surface area contributed by atoms with Crippen molar-refractivity contribution < 1.29 is 8.78 Å². The molecule has 0 atom stereocenters. The Kier molecular flexibility index (Phi) is 4.10. The van der Waals surface area contributed by atoms with Crippen LogP contribution >= 0.6 is 0 Å². The van der Waals surface area contributed by atoms with Crippen molar-refractivity contribution in [1.29, 1.82) is 0 Å². The molecule has 0 saturated heterocycles. The first-order chi connectivity index (χ1) is 7.45. The van der Waals surface area contributed by atoms with Gasteiger partial charge in [0.1, 0.15) is 5.82 Å². The SMILES string of the molecule is CCN(CC(C)C)c1cc(F)cc(F)c1N. The summed E-state index contributed by atoms with van der Waals surface area (Å²) in [4.78, 5) is 1.88. The first-order valence-electron chi connectivity index (χ1n) is 5.45. The summed E-state index contributed by atoms with van der Waals surface area (Å²) in [6.07, 6.45) is 0. The molecule has 0 unspecified atom stereocenters. The van der Waals surface area contributed by atoms with Crippen molar-refractivity contribution in [2.24, 2.45) is 5.92 Å². The fraction of sp³-hybridized carbons (Fsp3) is 0.500. The minimum atomic E-state index is -0.697. The molecule has 16 heavy (non-hydrogen) atoms. The summed E-state index contributed by atoms with van der Waals surface area (Å²) in [5.41, 5.74) is 6.08. The van der Waals surface area contributed by atoms with E-state index in [0.717, 1.165) is 12.6 Å². The number of anilines is 2. The van der Waals surface area contributed by atoms with Gasteiger partial charge in [0.05, 0.1) is 11.4 Å². The number of hydrogen-bond donors (Lipinski definition) is 1. The normalized spacial score (nSPS) is 10.9. The fourth-order valence-corrected chi connectivity index (χ4v) is 1.67. The van der Waals surface area contributed by atoms with Gasteiger partial charge in [0.15, 0.2) is 5.82 Å². The average Bonchev–Trinajstić information content (AvgIpc) is 2.20. The summed E-state index contributed by atoms with van der Waals surface area (Å²) in [6, 6.07) is 2.09. The van der Waals surface area contributed by atoms with Crippen molar-refractivity contribution in [3.8, 4) is 0 Å². The highest BCUT2D eigenvalue weighted by Gasteiger charge is 2.14. The smallest absolute Gasteiger partial charge is 0.151 e. The molecule has 1 rings (SSSR count). The number of hydrogen-bond acceptors (Lipinski definition) is 2. The molecule has 0 heterocycles. The highest BCUT2D eigenvalue weighted by Crippen LogP contribution is 2.27. The van der Waals surface area contributed by atoms with Gasteiger partial charge >= 0.3 is 0 Å². The molecule has 1 aromatic carbocycles. The zero-order valence-electron chi connectivity index (χ0n) is 9.93. The second-order valence-corrected chi connectivity index (χ2v) is 4.25. The Balaban J connectivity index is 3.09. The highest BCUT2D eigenvalue weighted by atomic mass is 19.1. The molecule has 2 nitrogen and oxygen atoms in total. The molecule has 0 bridgehead atoms. The van der Waals surface area contributed by atoms with Crippen LogP contribution in [0.2, 0.25) is 0 Å². The molecule has 4 heteroatoms. The number of halogens is 2. The van der Waals surface area contributed by atoms with Crippen LogP contribution in [0, 0.1) is 17.6 Å². The number of nitrogen functional groups attached to an aromatic ring is 1. The maximum Gasteiger partial charge on any atom is 0.151 e. The van der Waals surface area contributed by atoms with Crippen LogP contribution in [0.3, 0.4) is 0 Å². The molecule has 0 aliphatic carbocycles. The van der Waals surface area contributed by atoms with Gasteiger partial charge in [-0.25, -0.2) is 8.78 Å². The number of nitrogens with two attached hydrogens (primary N) is 1. The molecular formula is C12H18F2N2. The summed E-state index contributed by atoms with van der Waals surface area (Å²) >= 11 is 0. The molecule has 0 radical (unpaired) electrons. The minimum Gasteiger partial charge on any atom is -0.395 e. The van der Waals surface area contributed by atoms with Crippen LogP contribution in [0.25, 0.3) is 0 Å². The lowest BCUT2D eigenvalue weighted by atomic mass is 10.1. The van der Waals surface area contributed by atoms with Crippen molar-refractivity contribution in [1.82, 2.24) is 0 Å². The average molecular weight is 228 g/mol. The molecule has 0 spiro atoms. The van der Waals surface area contributed by atoms with Gasteiger partial charge in [0.25, 0.3) is 0 Å². The molecule has 2 N–H and O–H groups in total. The van der Waals surface area contributed by atoms with Crippen LogP contribution in [0.4, 0.5) is 20.2 Å². The topological polar surface area (TPSA) is 29.3 Å². The third kappa shape index (κ3) is 2.84. The van der Waals surface area contributed by atoms with Crippen LogP contribution < -0.4 is 10.6 Å². The van der Waals surface area contributed by atoms with Gasteiger partial charge in [-0.05, 0) is 18.9 Å². The quantitative estimate of drug-likeness (QED) is 0.803. The number of rotatable bonds is 4. The fourth-order valence-electron chi connectivity index (χ4n) is 1.67. The zero-order valence-corrected chi connectivity index (χ0v) is 9.93. The van der Waals surface area contributed by atoms with Crippen molar-refractivity contribution in [2.75, 3.05) is 23.7 Å². The first-order valence-corrected chi connectivity index (χ1v) is 5.45. The van der Waals surface area contributed by atoms with Crippen LogP contribution in [0.15, 0.2) is 12.1 Å². The molecule has 0 aromatic heterocycles. The summed E-state index contributed by atoms with van der Waals surface area (Å²) in [7, 11) is 0. The van der Waals surface area contributed by atoms with Gasteiger partial charge in [-0.3, -0.25) is 0 Å². The van der Waals surface area contributed by atoms with E-state index >= 15 is 0 Å². The first kappa shape index (κ1) is 12.7. The predicted molar refractivity (Wildman–Crippen MR) is 63.5 cm³/mol. The third-order valence-electron chi connectivity index (χ3n) is 2.38. The monoisotopic (exact) mass is 228 g/mol. The van der Waals surface area contributed by atoms with Gasteiger partial charge in [-0.15, -0.1) is 0 Å². The number of nitrogens with zero attached hydrogens (tertiary/aromatic N) is 1. The van der Waals surface area contributed by atoms with E-state index in [4.69, 9.17) is 5.73 Å². The lowest BCUT2D eigenvalue weighted by Crippen LogP contribution is -2.28. The van der Waals surface area contributed by atoms with E-state index in [1.54, 1.807) is 0 Å². The van der Waals surface area contributed by atoms with Crippen molar-refractivity contribution >= 4 is 11.4 Å². The molecule has 0 aliphatic rings. The Bertz CT molecular complexity index is 364. The standard InChI is InChI=1S/C12H18F2N2/c1-4-16(7-8(2)3)11-6-9(13)5-10(14)12(11)15/h5-6,8H,4,7,15H2,1-3H3. The molecule has 0 fully saturated rings. The Morgan fingerprint density at radius 3 is 2.44 bits per heavy atom. The van der Waals surface area contributed by atoms with E-state index in [1.165, 1.54) is 6.07 Å².